The van der Waals surface area contributed by atoms with Crippen LogP contribution in [0.5, 0.6) is 5.75 Å². The van der Waals surface area contributed by atoms with Gasteiger partial charge in [0.2, 0.25) is 0 Å². The van der Waals surface area contributed by atoms with Gasteiger partial charge in [-0.05, 0) is 12.1 Å². The average molecular weight is 195 g/mol. The minimum absolute atomic E-state index is 0.00364. The molecular weight excluding hydrogens is 191 g/mol. The van der Waals surface area contributed by atoms with Crippen LogP contribution < -0.4 is 0 Å². The standard InChI is InChI=1S/C6H4Cl2OS/c7-3-1-4(8)6(10)2-5(3)9/h1-2,9-10H. The number of phenols is 1. The molecule has 1 N–H and O–H groups in total. The summed E-state index contributed by atoms with van der Waals surface area (Å²) in [7, 11) is 0. The van der Waals surface area contributed by atoms with Crippen LogP contribution in [0.3, 0.4) is 0 Å². The summed E-state index contributed by atoms with van der Waals surface area (Å²) in [6, 6.07) is 2.84. The van der Waals surface area contributed by atoms with Crippen molar-refractivity contribution >= 4 is 35.8 Å². The summed E-state index contributed by atoms with van der Waals surface area (Å²) in [6.07, 6.45) is 0. The molecule has 0 radical (unpaired) electrons. The van der Waals surface area contributed by atoms with Crippen LogP contribution in [0.1, 0.15) is 0 Å². The summed E-state index contributed by atoms with van der Waals surface area (Å²) in [5.41, 5.74) is 0. The first-order chi connectivity index (χ1) is 4.61. The number of halogens is 2. The first kappa shape index (κ1) is 8.05. The molecule has 0 aliphatic heterocycles. The van der Waals surface area contributed by atoms with Crippen LogP contribution in [0.4, 0.5) is 0 Å². The topological polar surface area (TPSA) is 20.2 Å². The third-order valence-corrected chi connectivity index (χ3v) is 2.13. The van der Waals surface area contributed by atoms with Gasteiger partial charge >= 0.3 is 0 Å². The van der Waals surface area contributed by atoms with Gasteiger partial charge in [-0.15, -0.1) is 12.6 Å². The fraction of sp³-hybridized carbons (Fsp3) is 0. The molecule has 0 unspecified atom stereocenters. The summed E-state index contributed by atoms with van der Waals surface area (Å²) in [5.74, 6) is -0.00364. The van der Waals surface area contributed by atoms with Crippen LogP contribution in [0.25, 0.3) is 0 Å². The van der Waals surface area contributed by atoms with Crippen LogP contribution in [0.15, 0.2) is 17.0 Å². The molecule has 0 spiro atoms. The molecule has 0 aliphatic carbocycles. The molecule has 0 bridgehead atoms. The first-order valence-electron chi connectivity index (χ1n) is 2.48. The third kappa shape index (κ3) is 1.51. The number of hydrogen-bond donors (Lipinski definition) is 2. The maximum absolute atomic E-state index is 8.99. The maximum atomic E-state index is 8.99. The van der Waals surface area contributed by atoms with Crippen molar-refractivity contribution in [3.05, 3.63) is 22.2 Å². The van der Waals surface area contributed by atoms with Gasteiger partial charge in [-0.1, -0.05) is 23.2 Å². The van der Waals surface area contributed by atoms with Crippen molar-refractivity contribution in [3.8, 4) is 5.75 Å². The minimum atomic E-state index is -0.00364. The van der Waals surface area contributed by atoms with E-state index in [0.29, 0.717) is 9.92 Å². The molecule has 10 heavy (non-hydrogen) atoms. The molecule has 1 nitrogen and oxygen atoms in total. The van der Waals surface area contributed by atoms with Gasteiger partial charge in [0.25, 0.3) is 0 Å². The molecule has 1 aromatic rings. The van der Waals surface area contributed by atoms with E-state index >= 15 is 0 Å². The molecule has 1 aromatic carbocycles. The Labute approximate surface area is 74.0 Å². The zero-order valence-corrected chi connectivity index (χ0v) is 7.21. The third-order valence-electron chi connectivity index (χ3n) is 1.02. The molecule has 4 heteroatoms. The number of hydrogen-bond acceptors (Lipinski definition) is 2. The fourth-order valence-electron chi connectivity index (χ4n) is 0.527. The largest absolute Gasteiger partial charge is 0.506 e. The predicted octanol–water partition coefficient (Wildman–Crippen LogP) is 2.99. The summed E-state index contributed by atoms with van der Waals surface area (Å²) in [6.45, 7) is 0. The van der Waals surface area contributed by atoms with Crippen molar-refractivity contribution in [2.75, 3.05) is 0 Å². The monoisotopic (exact) mass is 194 g/mol. The van der Waals surface area contributed by atoms with Crippen LogP contribution in [-0.4, -0.2) is 5.11 Å². The van der Waals surface area contributed by atoms with Gasteiger partial charge in [-0.3, -0.25) is 0 Å². The average Bonchev–Trinajstić information content (AvgIpc) is 1.84. The van der Waals surface area contributed by atoms with E-state index in [4.69, 9.17) is 28.3 Å². The highest BCUT2D eigenvalue weighted by atomic mass is 35.5. The summed E-state index contributed by atoms with van der Waals surface area (Å²) in [5, 5.41) is 9.66. The fourth-order valence-corrected chi connectivity index (χ4v) is 1.10. The van der Waals surface area contributed by atoms with Crippen molar-refractivity contribution in [2.24, 2.45) is 0 Å². The number of benzene rings is 1. The van der Waals surface area contributed by atoms with Gasteiger partial charge in [0.1, 0.15) is 5.75 Å². The predicted molar refractivity (Wildman–Crippen MR) is 45.4 cm³/mol. The van der Waals surface area contributed by atoms with Crippen LogP contribution in [0, 0.1) is 0 Å². The molecule has 0 heterocycles. The Morgan fingerprint density at radius 2 is 1.80 bits per heavy atom. The first-order valence-corrected chi connectivity index (χ1v) is 3.68. The van der Waals surface area contributed by atoms with E-state index in [9.17, 15) is 0 Å². The number of rotatable bonds is 0. The maximum Gasteiger partial charge on any atom is 0.135 e. The van der Waals surface area contributed by atoms with Gasteiger partial charge in [-0.2, -0.15) is 0 Å². The van der Waals surface area contributed by atoms with Crippen LogP contribution in [-0.2, 0) is 0 Å². The Morgan fingerprint density at radius 1 is 1.20 bits per heavy atom. The Balaban J connectivity index is 3.28. The molecule has 0 saturated carbocycles. The van der Waals surface area contributed by atoms with E-state index in [2.05, 4.69) is 12.6 Å². The van der Waals surface area contributed by atoms with Crippen LogP contribution in [0.2, 0.25) is 10.0 Å². The Morgan fingerprint density at radius 3 is 2.30 bits per heavy atom. The SMILES string of the molecule is Oc1cc(S)c(Cl)cc1Cl. The number of aromatic hydroxyl groups is 1. The van der Waals surface area contributed by atoms with Crippen molar-refractivity contribution < 1.29 is 5.11 Å². The van der Waals surface area contributed by atoms with E-state index in [1.165, 1.54) is 12.1 Å². The lowest BCUT2D eigenvalue weighted by molar-refractivity contribution is 0.474. The van der Waals surface area contributed by atoms with Crippen molar-refractivity contribution in [3.63, 3.8) is 0 Å². The Kier molecular flexibility index (Phi) is 2.34. The lowest BCUT2D eigenvalue weighted by Crippen LogP contribution is -1.71. The molecule has 0 saturated heterocycles. The minimum Gasteiger partial charge on any atom is -0.506 e. The number of thiol groups is 1. The van der Waals surface area contributed by atoms with E-state index in [1.54, 1.807) is 0 Å². The van der Waals surface area contributed by atoms with Crippen molar-refractivity contribution in [1.82, 2.24) is 0 Å². The second kappa shape index (κ2) is 2.91. The highest BCUT2D eigenvalue weighted by molar-refractivity contribution is 7.80. The van der Waals surface area contributed by atoms with Gasteiger partial charge in [0, 0.05) is 4.90 Å². The molecule has 54 valence electrons. The van der Waals surface area contributed by atoms with E-state index in [-0.39, 0.29) is 10.8 Å². The normalized spacial score (nSPS) is 9.90. The summed E-state index contributed by atoms with van der Waals surface area (Å²) >= 11 is 15.1. The van der Waals surface area contributed by atoms with E-state index in [1.807, 2.05) is 0 Å². The molecule has 1 rings (SSSR count). The number of phenolic OH excluding ortho intramolecular Hbond substituents is 1. The van der Waals surface area contributed by atoms with Gasteiger partial charge in [-0.25, -0.2) is 0 Å². The second-order valence-corrected chi connectivity index (χ2v) is 3.05. The van der Waals surface area contributed by atoms with Crippen molar-refractivity contribution in [1.29, 1.82) is 0 Å². The summed E-state index contributed by atoms with van der Waals surface area (Å²) < 4.78 is 0. The zero-order valence-electron chi connectivity index (χ0n) is 4.81. The van der Waals surface area contributed by atoms with E-state index < -0.39 is 0 Å². The zero-order chi connectivity index (χ0) is 7.72. The summed E-state index contributed by atoms with van der Waals surface area (Å²) in [4.78, 5) is 0.517. The van der Waals surface area contributed by atoms with Crippen molar-refractivity contribution in [2.45, 2.75) is 4.90 Å². The Bertz CT molecular complexity index is 212. The molecule has 0 aliphatic rings. The van der Waals surface area contributed by atoms with Gasteiger partial charge < -0.3 is 5.11 Å². The van der Waals surface area contributed by atoms with Gasteiger partial charge in [0.05, 0.1) is 10.0 Å². The Hall–Kier alpha value is -0.0500. The smallest absolute Gasteiger partial charge is 0.135 e. The second-order valence-electron chi connectivity index (χ2n) is 1.76. The molecule has 0 aromatic heterocycles. The molecular formula is C6H4Cl2OS. The van der Waals surface area contributed by atoms with E-state index in [0.717, 1.165) is 0 Å². The van der Waals surface area contributed by atoms with Gasteiger partial charge in [0.15, 0.2) is 0 Å². The quantitative estimate of drug-likeness (QED) is 0.609. The molecule has 0 amide bonds. The highest BCUT2D eigenvalue weighted by Crippen LogP contribution is 2.31. The molecule has 0 atom stereocenters. The molecule has 0 fully saturated rings. The lowest BCUT2D eigenvalue weighted by atomic mass is 10.3. The lowest BCUT2D eigenvalue weighted by Gasteiger charge is -1.98. The highest BCUT2D eigenvalue weighted by Gasteiger charge is 2.01. The van der Waals surface area contributed by atoms with Crippen LogP contribution >= 0.6 is 35.8 Å².